The second-order valence-electron chi connectivity index (χ2n) is 8.15. The maximum Gasteiger partial charge on any atom is 0.203 e. The molecule has 0 amide bonds. The fourth-order valence-electron chi connectivity index (χ4n) is 4.49. The molecule has 0 aromatic heterocycles. The number of anilines is 1. The first-order chi connectivity index (χ1) is 14.9. The number of ether oxygens (including phenoxy) is 4. The number of methoxy groups -OCH3 is 4. The van der Waals surface area contributed by atoms with Crippen molar-refractivity contribution in [3.63, 3.8) is 0 Å². The fourth-order valence-corrected chi connectivity index (χ4v) is 4.49. The van der Waals surface area contributed by atoms with Crippen molar-refractivity contribution in [2.45, 2.75) is 31.3 Å². The van der Waals surface area contributed by atoms with Gasteiger partial charge in [0.05, 0.1) is 27.4 Å². The minimum Gasteiger partial charge on any atom is -0.493 e. The minimum atomic E-state index is -0.139. The van der Waals surface area contributed by atoms with E-state index >= 15 is 0 Å². The van der Waals surface area contributed by atoms with Crippen molar-refractivity contribution in [1.29, 1.82) is 0 Å². The normalized spacial score (nSPS) is 20.8. The Morgan fingerprint density at radius 3 is 2.00 bits per heavy atom. The fraction of sp³-hybridized carbons (Fsp3) is 0.480. The molecule has 0 aliphatic heterocycles. The van der Waals surface area contributed by atoms with Crippen LogP contribution in [0.15, 0.2) is 36.4 Å². The number of carbonyl (C=O) groups excluding carboxylic acids is 1. The molecule has 2 aromatic carbocycles. The Bertz CT molecular complexity index is 868. The number of benzene rings is 2. The van der Waals surface area contributed by atoms with E-state index in [4.69, 9.17) is 18.9 Å². The average molecular weight is 428 g/mol. The Hall–Kier alpha value is -2.73. The highest BCUT2D eigenvalue weighted by Crippen LogP contribution is 2.43. The second-order valence-corrected chi connectivity index (χ2v) is 8.15. The van der Waals surface area contributed by atoms with Gasteiger partial charge in [0.25, 0.3) is 0 Å². The van der Waals surface area contributed by atoms with Gasteiger partial charge in [0.2, 0.25) is 5.75 Å². The number of Topliss-reactive ketones (excluding diaryl/α,β-unsaturated/α-hetero) is 1. The van der Waals surface area contributed by atoms with Crippen LogP contribution in [0.2, 0.25) is 0 Å². The number of nitrogens with zero attached hydrogens (tertiary/aromatic N) is 1. The van der Waals surface area contributed by atoms with Gasteiger partial charge in [-0.15, -0.1) is 0 Å². The predicted octanol–water partition coefficient (Wildman–Crippen LogP) is 4.56. The van der Waals surface area contributed by atoms with E-state index in [2.05, 4.69) is 29.2 Å². The largest absolute Gasteiger partial charge is 0.493 e. The smallest absolute Gasteiger partial charge is 0.203 e. The molecule has 3 atom stereocenters. The van der Waals surface area contributed by atoms with E-state index in [0.717, 1.165) is 30.5 Å². The van der Waals surface area contributed by atoms with Gasteiger partial charge >= 0.3 is 0 Å². The molecular weight excluding hydrogens is 394 g/mol. The molecule has 3 unspecified atom stereocenters. The molecule has 0 spiro atoms. The van der Waals surface area contributed by atoms with Crippen LogP contribution in [0, 0.1) is 5.92 Å². The van der Waals surface area contributed by atoms with Gasteiger partial charge in [-0.25, -0.2) is 0 Å². The van der Waals surface area contributed by atoms with Crippen LogP contribution in [0.3, 0.4) is 0 Å². The zero-order chi connectivity index (χ0) is 22.5. The third kappa shape index (κ3) is 4.79. The molecule has 0 bridgehead atoms. The maximum atomic E-state index is 13.7. The van der Waals surface area contributed by atoms with Crippen LogP contribution in [0.1, 0.15) is 41.1 Å². The van der Waals surface area contributed by atoms with E-state index in [1.807, 2.05) is 14.1 Å². The summed E-state index contributed by atoms with van der Waals surface area (Å²) in [7, 11) is 10.5. The summed E-state index contributed by atoms with van der Waals surface area (Å²) >= 11 is 0. The van der Waals surface area contributed by atoms with Crippen molar-refractivity contribution in [3.8, 4) is 17.2 Å². The predicted molar refractivity (Wildman–Crippen MR) is 122 cm³/mol. The quantitative estimate of drug-likeness (QED) is 0.576. The highest BCUT2D eigenvalue weighted by atomic mass is 16.5. The first-order valence-corrected chi connectivity index (χ1v) is 10.6. The Balaban J connectivity index is 1.97. The van der Waals surface area contributed by atoms with E-state index in [1.165, 1.54) is 0 Å². The maximum absolute atomic E-state index is 13.7. The summed E-state index contributed by atoms with van der Waals surface area (Å²) in [6.07, 6.45) is 2.61. The molecule has 0 radical (unpaired) electrons. The molecule has 0 N–H and O–H groups in total. The SMILES string of the molecule is COc1cc(C(=O)C2CCC(OC)CC2c2ccc(N(C)C)cc2)cc(OC)c1OC. The van der Waals surface area contributed by atoms with Gasteiger partial charge in [-0.2, -0.15) is 0 Å². The summed E-state index contributed by atoms with van der Waals surface area (Å²) in [5.74, 6) is 1.50. The zero-order valence-corrected chi connectivity index (χ0v) is 19.3. The first-order valence-electron chi connectivity index (χ1n) is 10.6. The van der Waals surface area contributed by atoms with Crippen molar-refractivity contribution >= 4 is 11.5 Å². The standard InChI is InChI=1S/C25H33NO5/c1-26(2)18-9-7-16(8-10-18)21-15-19(28-3)11-12-20(21)24(27)17-13-22(29-4)25(31-6)23(14-17)30-5/h7-10,13-14,19-21H,11-12,15H2,1-6H3. The second kappa shape index (κ2) is 10.1. The molecule has 0 heterocycles. The summed E-state index contributed by atoms with van der Waals surface area (Å²) in [4.78, 5) is 15.8. The Labute approximate surface area is 185 Å². The van der Waals surface area contributed by atoms with E-state index < -0.39 is 0 Å². The molecule has 1 aliphatic carbocycles. The highest BCUT2D eigenvalue weighted by molar-refractivity contribution is 5.99. The van der Waals surface area contributed by atoms with Gasteiger partial charge in [0.15, 0.2) is 17.3 Å². The number of hydrogen-bond acceptors (Lipinski definition) is 6. The van der Waals surface area contributed by atoms with Crippen LogP contribution in [-0.4, -0.2) is 54.4 Å². The lowest BCUT2D eigenvalue weighted by Gasteiger charge is -2.35. The number of ketones is 1. The molecule has 0 saturated heterocycles. The lowest BCUT2D eigenvalue weighted by atomic mass is 9.71. The Kier molecular flexibility index (Phi) is 7.44. The van der Waals surface area contributed by atoms with Crippen LogP contribution in [0.5, 0.6) is 17.2 Å². The van der Waals surface area contributed by atoms with E-state index in [1.54, 1.807) is 40.6 Å². The summed E-state index contributed by atoms with van der Waals surface area (Å²) in [6.45, 7) is 0. The van der Waals surface area contributed by atoms with Crippen LogP contribution in [-0.2, 0) is 4.74 Å². The molecule has 31 heavy (non-hydrogen) atoms. The first kappa shape index (κ1) is 22.9. The Morgan fingerprint density at radius 2 is 1.52 bits per heavy atom. The van der Waals surface area contributed by atoms with Gasteiger partial charge in [-0.05, 0) is 55.0 Å². The van der Waals surface area contributed by atoms with Crippen molar-refractivity contribution in [1.82, 2.24) is 0 Å². The van der Waals surface area contributed by atoms with E-state index in [-0.39, 0.29) is 23.7 Å². The van der Waals surface area contributed by atoms with Crippen molar-refractivity contribution in [2.24, 2.45) is 5.92 Å². The Morgan fingerprint density at radius 1 is 0.903 bits per heavy atom. The number of hydrogen-bond donors (Lipinski definition) is 0. The molecule has 1 saturated carbocycles. The van der Waals surface area contributed by atoms with Gasteiger partial charge in [0.1, 0.15) is 0 Å². The molecule has 168 valence electrons. The lowest BCUT2D eigenvalue weighted by Crippen LogP contribution is -2.32. The lowest BCUT2D eigenvalue weighted by molar-refractivity contribution is 0.0431. The van der Waals surface area contributed by atoms with Gasteiger partial charge in [-0.3, -0.25) is 4.79 Å². The molecule has 1 fully saturated rings. The summed E-state index contributed by atoms with van der Waals surface area (Å²) in [5.41, 5.74) is 2.87. The van der Waals surface area contributed by atoms with E-state index in [0.29, 0.717) is 22.8 Å². The summed E-state index contributed by atoms with van der Waals surface area (Å²) < 4.78 is 22.0. The molecule has 6 nitrogen and oxygen atoms in total. The van der Waals surface area contributed by atoms with Crippen LogP contribution in [0.4, 0.5) is 5.69 Å². The average Bonchev–Trinajstić information content (AvgIpc) is 2.82. The van der Waals surface area contributed by atoms with Crippen molar-refractivity contribution in [3.05, 3.63) is 47.5 Å². The summed E-state index contributed by atoms with van der Waals surface area (Å²) in [5, 5.41) is 0. The van der Waals surface area contributed by atoms with Crippen molar-refractivity contribution < 1.29 is 23.7 Å². The highest BCUT2D eigenvalue weighted by Gasteiger charge is 2.37. The topological polar surface area (TPSA) is 57.2 Å². The zero-order valence-electron chi connectivity index (χ0n) is 19.3. The molecule has 3 rings (SSSR count). The minimum absolute atomic E-state index is 0.0847. The van der Waals surface area contributed by atoms with E-state index in [9.17, 15) is 4.79 Å². The van der Waals surface area contributed by atoms with Crippen LogP contribution >= 0.6 is 0 Å². The molecule has 1 aliphatic rings. The monoisotopic (exact) mass is 427 g/mol. The molecule has 2 aromatic rings. The molecular formula is C25H33NO5. The van der Waals surface area contributed by atoms with Gasteiger partial charge in [-0.1, -0.05) is 12.1 Å². The number of carbonyl (C=O) groups is 1. The number of rotatable bonds is 8. The van der Waals surface area contributed by atoms with Gasteiger partial charge in [0, 0.05) is 38.4 Å². The van der Waals surface area contributed by atoms with Gasteiger partial charge < -0.3 is 23.8 Å². The third-order valence-electron chi connectivity index (χ3n) is 6.26. The van der Waals surface area contributed by atoms with Crippen LogP contribution < -0.4 is 19.1 Å². The summed E-state index contributed by atoms with van der Waals surface area (Å²) in [6, 6.07) is 12.0. The molecule has 6 heteroatoms. The van der Waals surface area contributed by atoms with Crippen molar-refractivity contribution in [2.75, 3.05) is 47.4 Å². The van der Waals surface area contributed by atoms with Crippen LogP contribution in [0.25, 0.3) is 0 Å². The third-order valence-corrected chi connectivity index (χ3v) is 6.26.